The van der Waals surface area contributed by atoms with Crippen LogP contribution in [0.5, 0.6) is 0 Å². The van der Waals surface area contributed by atoms with Crippen molar-refractivity contribution in [2.24, 2.45) is 5.84 Å². The second-order valence-electron chi connectivity index (χ2n) is 5.27. The van der Waals surface area contributed by atoms with E-state index in [1.54, 1.807) is 0 Å². The minimum absolute atomic E-state index is 0.205. The van der Waals surface area contributed by atoms with E-state index in [1.165, 1.54) is 16.7 Å². The highest BCUT2D eigenvalue weighted by atomic mass is 15.2. The van der Waals surface area contributed by atoms with Crippen LogP contribution in [0.2, 0.25) is 0 Å². The predicted molar refractivity (Wildman–Crippen MR) is 83.3 cm³/mol. The molecule has 0 aliphatic heterocycles. The fraction of sp³-hybridized carbons (Fsp3) is 0.353. The zero-order valence-corrected chi connectivity index (χ0v) is 12.3. The predicted octanol–water partition coefficient (Wildman–Crippen LogP) is 2.57. The van der Waals surface area contributed by atoms with Crippen molar-refractivity contribution in [1.82, 2.24) is 10.4 Å². The lowest BCUT2D eigenvalue weighted by atomic mass is 10.0. The summed E-state index contributed by atoms with van der Waals surface area (Å²) in [6.45, 7) is 4.25. The van der Waals surface area contributed by atoms with Crippen molar-refractivity contribution in [3.63, 3.8) is 0 Å². The van der Waals surface area contributed by atoms with Gasteiger partial charge in [-0.2, -0.15) is 0 Å². The van der Waals surface area contributed by atoms with Gasteiger partial charge < -0.3 is 0 Å². The van der Waals surface area contributed by atoms with Gasteiger partial charge in [-0.25, -0.2) is 0 Å². The van der Waals surface area contributed by atoms with Crippen molar-refractivity contribution >= 4 is 0 Å². The first-order valence-corrected chi connectivity index (χ1v) is 7.16. The van der Waals surface area contributed by atoms with Crippen LogP contribution in [0, 0.1) is 6.92 Å². The molecule has 3 nitrogen and oxygen atoms in total. The first-order chi connectivity index (χ1) is 9.71. The Morgan fingerprint density at radius 2 is 2.00 bits per heavy atom. The third kappa shape index (κ3) is 4.15. The quantitative estimate of drug-likeness (QED) is 0.626. The molecule has 1 unspecified atom stereocenters. The standard InChI is InChI=1S/C17H23N3/c1-3-14-7-8-16(19-12-14)11-17(20-18)10-15-6-4-5-13(2)9-15/h4-9,12,17,20H,3,10-11,18H2,1-2H3. The van der Waals surface area contributed by atoms with Gasteiger partial charge in [0.05, 0.1) is 0 Å². The lowest BCUT2D eigenvalue weighted by molar-refractivity contribution is 0.517. The molecule has 0 aliphatic carbocycles. The van der Waals surface area contributed by atoms with Gasteiger partial charge in [0.2, 0.25) is 0 Å². The van der Waals surface area contributed by atoms with Gasteiger partial charge in [-0.15, -0.1) is 0 Å². The number of rotatable bonds is 6. The molecule has 0 saturated carbocycles. The molecule has 3 N–H and O–H groups in total. The molecule has 1 aromatic carbocycles. The molecule has 1 aromatic heterocycles. The zero-order chi connectivity index (χ0) is 14.4. The number of pyridine rings is 1. The highest BCUT2D eigenvalue weighted by Gasteiger charge is 2.10. The van der Waals surface area contributed by atoms with Gasteiger partial charge in [0.1, 0.15) is 0 Å². The largest absolute Gasteiger partial charge is 0.271 e. The van der Waals surface area contributed by atoms with E-state index in [2.05, 4.69) is 60.7 Å². The van der Waals surface area contributed by atoms with Gasteiger partial charge in [-0.1, -0.05) is 42.8 Å². The molecule has 3 heteroatoms. The van der Waals surface area contributed by atoms with Crippen molar-refractivity contribution in [3.05, 3.63) is 65.0 Å². The third-order valence-electron chi connectivity index (χ3n) is 3.55. The lowest BCUT2D eigenvalue weighted by Gasteiger charge is -2.16. The van der Waals surface area contributed by atoms with Crippen LogP contribution in [0.1, 0.15) is 29.3 Å². The summed E-state index contributed by atoms with van der Waals surface area (Å²) in [5, 5.41) is 0. The van der Waals surface area contributed by atoms with E-state index in [9.17, 15) is 0 Å². The number of nitrogens with one attached hydrogen (secondary N) is 1. The van der Waals surface area contributed by atoms with E-state index < -0.39 is 0 Å². The van der Waals surface area contributed by atoms with E-state index in [0.29, 0.717) is 0 Å². The summed E-state index contributed by atoms with van der Waals surface area (Å²) >= 11 is 0. The molecule has 0 amide bonds. The second-order valence-corrected chi connectivity index (χ2v) is 5.27. The molecule has 20 heavy (non-hydrogen) atoms. The summed E-state index contributed by atoms with van der Waals surface area (Å²) in [6, 6.07) is 13.0. The Morgan fingerprint density at radius 1 is 1.15 bits per heavy atom. The van der Waals surface area contributed by atoms with Gasteiger partial charge in [0.25, 0.3) is 0 Å². The smallest absolute Gasteiger partial charge is 0.0419 e. The van der Waals surface area contributed by atoms with Crippen molar-refractivity contribution in [1.29, 1.82) is 0 Å². The molecule has 0 aliphatic rings. The molecule has 0 radical (unpaired) electrons. The number of hydrazine groups is 1. The number of aromatic nitrogens is 1. The van der Waals surface area contributed by atoms with Crippen LogP contribution in [0.3, 0.4) is 0 Å². The molecule has 0 saturated heterocycles. The minimum atomic E-state index is 0.205. The van der Waals surface area contributed by atoms with Gasteiger partial charge in [-0.3, -0.25) is 16.3 Å². The van der Waals surface area contributed by atoms with E-state index in [4.69, 9.17) is 5.84 Å². The average molecular weight is 269 g/mol. The fourth-order valence-electron chi connectivity index (χ4n) is 2.35. The van der Waals surface area contributed by atoms with E-state index in [-0.39, 0.29) is 6.04 Å². The number of benzene rings is 1. The number of hydrogen-bond donors (Lipinski definition) is 2. The first-order valence-electron chi connectivity index (χ1n) is 7.16. The number of nitrogens with zero attached hydrogens (tertiary/aromatic N) is 1. The van der Waals surface area contributed by atoms with Crippen LogP contribution >= 0.6 is 0 Å². The van der Waals surface area contributed by atoms with Crippen LogP contribution < -0.4 is 11.3 Å². The first kappa shape index (κ1) is 14.7. The van der Waals surface area contributed by atoms with Crippen LogP contribution in [0.25, 0.3) is 0 Å². The molecule has 1 heterocycles. The summed E-state index contributed by atoms with van der Waals surface area (Å²) in [5.74, 6) is 5.68. The maximum Gasteiger partial charge on any atom is 0.0419 e. The maximum atomic E-state index is 5.68. The molecule has 0 bridgehead atoms. The summed E-state index contributed by atoms with van der Waals surface area (Å²) < 4.78 is 0. The van der Waals surface area contributed by atoms with Crippen molar-refractivity contribution in [2.75, 3.05) is 0 Å². The van der Waals surface area contributed by atoms with Crippen LogP contribution in [-0.4, -0.2) is 11.0 Å². The van der Waals surface area contributed by atoms with E-state index in [1.807, 2.05) is 6.20 Å². The molecule has 0 spiro atoms. The summed E-state index contributed by atoms with van der Waals surface area (Å²) in [7, 11) is 0. The Hall–Kier alpha value is -1.71. The lowest BCUT2D eigenvalue weighted by Crippen LogP contribution is -2.38. The van der Waals surface area contributed by atoms with Crippen LogP contribution in [0.4, 0.5) is 0 Å². The summed E-state index contributed by atoms with van der Waals surface area (Å²) in [6.07, 6.45) is 4.73. The second kappa shape index (κ2) is 7.17. The van der Waals surface area contributed by atoms with Crippen molar-refractivity contribution in [2.45, 2.75) is 39.2 Å². The van der Waals surface area contributed by atoms with Crippen molar-refractivity contribution in [3.8, 4) is 0 Å². The summed E-state index contributed by atoms with van der Waals surface area (Å²) in [4.78, 5) is 4.50. The van der Waals surface area contributed by atoms with Gasteiger partial charge >= 0.3 is 0 Å². The third-order valence-corrected chi connectivity index (χ3v) is 3.55. The van der Waals surface area contributed by atoms with E-state index >= 15 is 0 Å². The van der Waals surface area contributed by atoms with E-state index in [0.717, 1.165) is 25.0 Å². The van der Waals surface area contributed by atoms with Crippen LogP contribution in [-0.2, 0) is 19.3 Å². The monoisotopic (exact) mass is 269 g/mol. The topological polar surface area (TPSA) is 50.9 Å². The highest BCUT2D eigenvalue weighted by Crippen LogP contribution is 2.10. The Labute approximate surface area is 121 Å². The highest BCUT2D eigenvalue weighted by molar-refractivity contribution is 5.23. The zero-order valence-electron chi connectivity index (χ0n) is 12.3. The van der Waals surface area contributed by atoms with Gasteiger partial charge in [0, 0.05) is 24.4 Å². The number of nitrogens with two attached hydrogens (primary N) is 1. The molecular formula is C17H23N3. The minimum Gasteiger partial charge on any atom is -0.271 e. The maximum absolute atomic E-state index is 5.68. The Bertz CT molecular complexity index is 534. The molecule has 2 rings (SSSR count). The SMILES string of the molecule is CCc1ccc(CC(Cc2cccc(C)c2)NN)nc1. The molecule has 106 valence electrons. The van der Waals surface area contributed by atoms with Gasteiger partial charge in [-0.05, 0) is 37.0 Å². The molecule has 0 fully saturated rings. The number of hydrogen-bond acceptors (Lipinski definition) is 3. The molecule has 2 aromatic rings. The normalized spacial score (nSPS) is 12.3. The Balaban J connectivity index is 2.01. The Morgan fingerprint density at radius 3 is 2.60 bits per heavy atom. The number of aryl methyl sites for hydroxylation is 2. The van der Waals surface area contributed by atoms with Crippen molar-refractivity contribution < 1.29 is 0 Å². The molecule has 1 atom stereocenters. The Kier molecular flexibility index (Phi) is 5.27. The fourth-order valence-corrected chi connectivity index (χ4v) is 2.35. The summed E-state index contributed by atoms with van der Waals surface area (Å²) in [5.41, 5.74) is 7.84. The average Bonchev–Trinajstić information content (AvgIpc) is 2.47. The molecular weight excluding hydrogens is 246 g/mol. The van der Waals surface area contributed by atoms with Gasteiger partial charge in [0.15, 0.2) is 0 Å². The van der Waals surface area contributed by atoms with Crippen LogP contribution in [0.15, 0.2) is 42.6 Å².